The molecule has 114 valence electrons. The number of benzene rings is 1. The number of aryl methyl sites for hydroxylation is 1. The van der Waals surface area contributed by atoms with E-state index in [0.717, 1.165) is 30.4 Å². The Morgan fingerprint density at radius 1 is 1.24 bits per heavy atom. The lowest BCUT2D eigenvalue weighted by Gasteiger charge is -2.18. The molecule has 0 bridgehead atoms. The number of carbonyl (C=O) groups is 1. The highest BCUT2D eigenvalue weighted by molar-refractivity contribution is 5.95. The van der Waals surface area contributed by atoms with Crippen LogP contribution in [0.25, 0.3) is 0 Å². The van der Waals surface area contributed by atoms with Gasteiger partial charge in [0.25, 0.3) is 5.91 Å². The summed E-state index contributed by atoms with van der Waals surface area (Å²) >= 11 is 0. The van der Waals surface area contributed by atoms with Crippen molar-refractivity contribution in [1.82, 2.24) is 4.90 Å². The molecule has 0 atom stereocenters. The second kappa shape index (κ2) is 9.17. The molecule has 0 radical (unpaired) electrons. The van der Waals surface area contributed by atoms with E-state index in [-0.39, 0.29) is 19.1 Å². The Balaban J connectivity index is 2.76. The van der Waals surface area contributed by atoms with Crippen LogP contribution in [0.5, 0.6) is 0 Å². The zero-order valence-electron chi connectivity index (χ0n) is 12.7. The summed E-state index contributed by atoms with van der Waals surface area (Å²) in [5.41, 5.74) is 2.29. The van der Waals surface area contributed by atoms with Gasteiger partial charge in [0, 0.05) is 31.3 Å². The summed E-state index contributed by atoms with van der Waals surface area (Å²) in [6, 6.07) is 5.48. The Labute approximate surface area is 126 Å². The number of unbranched alkanes of at least 4 members (excludes halogenated alkanes) is 2. The lowest BCUT2D eigenvalue weighted by molar-refractivity contribution is 0.0791. The first-order valence-electron chi connectivity index (χ1n) is 7.17. The molecule has 0 saturated heterocycles. The molecule has 2 N–H and O–H groups in total. The summed E-state index contributed by atoms with van der Waals surface area (Å²) in [6.45, 7) is 2.57. The first-order chi connectivity index (χ1) is 10.1. The molecule has 1 rings (SSSR count). The van der Waals surface area contributed by atoms with Crippen molar-refractivity contribution in [3.63, 3.8) is 0 Å². The van der Waals surface area contributed by atoms with Crippen LogP contribution in [0.15, 0.2) is 18.2 Å². The van der Waals surface area contributed by atoms with Gasteiger partial charge in [-0.15, -0.1) is 0 Å². The predicted molar refractivity (Wildman–Crippen MR) is 83.0 cm³/mol. The quantitative estimate of drug-likeness (QED) is 0.617. The van der Waals surface area contributed by atoms with Gasteiger partial charge >= 0.3 is 0 Å². The fourth-order valence-corrected chi connectivity index (χ4v) is 2.02. The van der Waals surface area contributed by atoms with Crippen molar-refractivity contribution < 1.29 is 15.0 Å². The van der Waals surface area contributed by atoms with E-state index in [1.807, 2.05) is 19.1 Å². The molecule has 0 aliphatic rings. The monoisotopic (exact) mass is 289 g/mol. The Morgan fingerprint density at radius 3 is 2.67 bits per heavy atom. The third-order valence-electron chi connectivity index (χ3n) is 3.28. The number of carbonyl (C=O) groups excluding carboxylic acids is 1. The second-order valence-corrected chi connectivity index (χ2v) is 5.00. The molecule has 0 saturated carbocycles. The Hall–Kier alpha value is -1.83. The maximum absolute atomic E-state index is 12.4. The number of hydrogen-bond donors (Lipinski definition) is 2. The fourth-order valence-electron chi connectivity index (χ4n) is 2.02. The van der Waals surface area contributed by atoms with Crippen molar-refractivity contribution in [2.75, 3.05) is 26.8 Å². The molecule has 0 aromatic heterocycles. The smallest absolute Gasteiger partial charge is 0.253 e. The zero-order valence-corrected chi connectivity index (χ0v) is 12.7. The Morgan fingerprint density at radius 2 is 2.00 bits per heavy atom. The van der Waals surface area contributed by atoms with Crippen LogP contribution in [0, 0.1) is 18.8 Å². The molecule has 0 heterocycles. The average molecular weight is 289 g/mol. The van der Waals surface area contributed by atoms with Crippen molar-refractivity contribution in [3.05, 3.63) is 34.9 Å². The SMILES string of the molecule is Cc1ccc(C#CCO)cc1C(=O)N(C)CCCCCO. The van der Waals surface area contributed by atoms with Gasteiger partial charge in [0.1, 0.15) is 6.61 Å². The van der Waals surface area contributed by atoms with E-state index < -0.39 is 0 Å². The first kappa shape index (κ1) is 17.2. The third-order valence-corrected chi connectivity index (χ3v) is 3.28. The van der Waals surface area contributed by atoms with Gasteiger partial charge in [-0.2, -0.15) is 0 Å². The number of hydrogen-bond acceptors (Lipinski definition) is 3. The normalized spacial score (nSPS) is 9.90. The van der Waals surface area contributed by atoms with Gasteiger partial charge in [-0.25, -0.2) is 0 Å². The lowest BCUT2D eigenvalue weighted by atomic mass is 10.0. The summed E-state index contributed by atoms with van der Waals surface area (Å²) in [4.78, 5) is 14.1. The molecule has 0 spiro atoms. The standard InChI is InChI=1S/C17H23NO3/c1-14-8-9-15(7-6-12-20)13-16(14)17(21)18(2)10-4-3-5-11-19/h8-9,13,19-20H,3-5,10-12H2,1-2H3. The van der Waals surface area contributed by atoms with Crippen molar-refractivity contribution in [2.45, 2.75) is 26.2 Å². The molecular weight excluding hydrogens is 266 g/mol. The minimum Gasteiger partial charge on any atom is -0.396 e. The second-order valence-electron chi connectivity index (χ2n) is 5.00. The van der Waals surface area contributed by atoms with E-state index in [4.69, 9.17) is 10.2 Å². The largest absolute Gasteiger partial charge is 0.396 e. The van der Waals surface area contributed by atoms with Crippen LogP contribution >= 0.6 is 0 Å². The lowest BCUT2D eigenvalue weighted by Crippen LogP contribution is -2.28. The molecule has 0 aliphatic heterocycles. The van der Waals surface area contributed by atoms with Crippen LogP contribution in [-0.2, 0) is 0 Å². The van der Waals surface area contributed by atoms with Gasteiger partial charge < -0.3 is 15.1 Å². The summed E-state index contributed by atoms with van der Waals surface area (Å²) in [5.74, 6) is 5.38. The molecule has 1 aromatic rings. The van der Waals surface area contributed by atoms with Crippen LogP contribution in [0.3, 0.4) is 0 Å². The molecule has 0 unspecified atom stereocenters. The van der Waals surface area contributed by atoms with E-state index in [0.29, 0.717) is 12.1 Å². The number of amides is 1. The maximum Gasteiger partial charge on any atom is 0.253 e. The van der Waals surface area contributed by atoms with E-state index in [2.05, 4.69) is 11.8 Å². The van der Waals surface area contributed by atoms with E-state index in [9.17, 15) is 4.79 Å². The first-order valence-corrected chi connectivity index (χ1v) is 7.17. The van der Waals surface area contributed by atoms with Crippen LogP contribution < -0.4 is 0 Å². The molecule has 0 aliphatic carbocycles. The highest BCUT2D eigenvalue weighted by Crippen LogP contribution is 2.13. The molecule has 0 fully saturated rings. The number of rotatable bonds is 6. The van der Waals surface area contributed by atoms with Gasteiger partial charge in [0.2, 0.25) is 0 Å². The van der Waals surface area contributed by atoms with E-state index in [1.165, 1.54) is 0 Å². The minimum atomic E-state index is -0.193. The number of aliphatic hydroxyl groups is 2. The van der Waals surface area contributed by atoms with E-state index >= 15 is 0 Å². The number of nitrogens with zero attached hydrogens (tertiary/aromatic N) is 1. The maximum atomic E-state index is 12.4. The summed E-state index contributed by atoms with van der Waals surface area (Å²) < 4.78 is 0. The highest BCUT2D eigenvalue weighted by Gasteiger charge is 2.14. The average Bonchev–Trinajstić information content (AvgIpc) is 2.49. The van der Waals surface area contributed by atoms with Gasteiger partial charge in [-0.05, 0) is 43.9 Å². The Bertz CT molecular complexity index is 529. The van der Waals surface area contributed by atoms with Crippen molar-refractivity contribution in [3.8, 4) is 11.8 Å². The topological polar surface area (TPSA) is 60.8 Å². The van der Waals surface area contributed by atoms with Crippen LogP contribution in [-0.4, -0.2) is 47.8 Å². The van der Waals surface area contributed by atoms with Gasteiger partial charge in [0.05, 0.1) is 0 Å². The van der Waals surface area contributed by atoms with Crippen LogP contribution in [0.4, 0.5) is 0 Å². The molecule has 1 aromatic carbocycles. The zero-order chi connectivity index (χ0) is 15.7. The molecule has 4 heteroatoms. The number of aliphatic hydroxyl groups excluding tert-OH is 2. The van der Waals surface area contributed by atoms with Gasteiger partial charge in [-0.1, -0.05) is 17.9 Å². The molecule has 1 amide bonds. The van der Waals surface area contributed by atoms with Crippen LogP contribution in [0.1, 0.15) is 40.7 Å². The molecule has 4 nitrogen and oxygen atoms in total. The minimum absolute atomic E-state index is 0.0239. The van der Waals surface area contributed by atoms with Crippen LogP contribution in [0.2, 0.25) is 0 Å². The Kier molecular flexibility index (Phi) is 7.52. The molecular formula is C17H23NO3. The highest BCUT2D eigenvalue weighted by atomic mass is 16.3. The fraction of sp³-hybridized carbons (Fsp3) is 0.471. The summed E-state index contributed by atoms with van der Waals surface area (Å²) in [5, 5.41) is 17.5. The summed E-state index contributed by atoms with van der Waals surface area (Å²) in [6.07, 6.45) is 2.56. The van der Waals surface area contributed by atoms with Crippen molar-refractivity contribution in [2.24, 2.45) is 0 Å². The van der Waals surface area contributed by atoms with Crippen molar-refractivity contribution in [1.29, 1.82) is 0 Å². The summed E-state index contributed by atoms with van der Waals surface area (Å²) in [7, 11) is 1.78. The third kappa shape index (κ3) is 5.58. The molecule has 21 heavy (non-hydrogen) atoms. The van der Waals surface area contributed by atoms with Gasteiger partial charge in [-0.3, -0.25) is 4.79 Å². The van der Waals surface area contributed by atoms with Gasteiger partial charge in [0.15, 0.2) is 0 Å². The predicted octanol–water partition coefficient (Wildman–Crippen LogP) is 1.57. The van der Waals surface area contributed by atoms with E-state index in [1.54, 1.807) is 18.0 Å². The van der Waals surface area contributed by atoms with Crippen molar-refractivity contribution >= 4 is 5.91 Å².